The van der Waals surface area contributed by atoms with Gasteiger partial charge in [-0.15, -0.1) is 0 Å². The number of imidazole rings is 1. The summed E-state index contributed by atoms with van der Waals surface area (Å²) in [6, 6.07) is 1.59. The van der Waals surface area contributed by atoms with Crippen LogP contribution in [0.3, 0.4) is 0 Å². The molecular formula is C11H13ClN4O2S. The number of sulfonamides is 1. The summed E-state index contributed by atoms with van der Waals surface area (Å²) < 4.78 is 28.4. The normalized spacial score (nSPS) is 11.5. The summed E-state index contributed by atoms with van der Waals surface area (Å²) in [6.07, 6.45) is 4.33. The van der Waals surface area contributed by atoms with Crippen molar-refractivity contribution in [1.29, 1.82) is 0 Å². The molecule has 2 heterocycles. The first-order chi connectivity index (χ1) is 8.92. The zero-order chi connectivity index (χ0) is 14.0. The van der Waals surface area contributed by atoms with Crippen LogP contribution in [0.2, 0.25) is 5.15 Å². The van der Waals surface area contributed by atoms with Crippen LogP contribution < -0.4 is 4.72 Å². The lowest BCUT2D eigenvalue weighted by Gasteiger charge is -2.08. The maximum atomic E-state index is 12.1. The molecule has 1 N–H and O–H groups in total. The van der Waals surface area contributed by atoms with Crippen LogP contribution in [0, 0.1) is 6.92 Å². The van der Waals surface area contributed by atoms with Gasteiger partial charge in [0, 0.05) is 12.7 Å². The number of aromatic nitrogens is 3. The first kappa shape index (κ1) is 13.8. The summed E-state index contributed by atoms with van der Waals surface area (Å²) in [7, 11) is -3.70. The second-order valence-corrected chi connectivity index (χ2v) is 5.99. The fourth-order valence-corrected chi connectivity index (χ4v) is 2.76. The molecule has 0 fully saturated rings. The Kier molecular flexibility index (Phi) is 3.77. The zero-order valence-corrected chi connectivity index (χ0v) is 12.0. The van der Waals surface area contributed by atoms with Gasteiger partial charge in [0.25, 0.3) is 10.0 Å². The fourth-order valence-electron chi connectivity index (χ4n) is 1.48. The Morgan fingerprint density at radius 1 is 1.42 bits per heavy atom. The number of nitrogens with one attached hydrogen (secondary N) is 1. The predicted molar refractivity (Wildman–Crippen MR) is 72.7 cm³/mol. The molecule has 0 unspecified atom stereocenters. The van der Waals surface area contributed by atoms with Gasteiger partial charge in [-0.3, -0.25) is 4.72 Å². The predicted octanol–water partition coefficient (Wildman–Crippen LogP) is 2.06. The fraction of sp³-hybridized carbons (Fsp3) is 0.273. The van der Waals surface area contributed by atoms with E-state index in [1.165, 1.54) is 18.7 Å². The minimum Gasteiger partial charge on any atom is -0.336 e. The molecule has 0 atom stereocenters. The maximum Gasteiger partial charge on any atom is 0.281 e. The lowest BCUT2D eigenvalue weighted by atomic mass is 10.3. The Labute approximate surface area is 116 Å². The Morgan fingerprint density at radius 2 is 2.16 bits per heavy atom. The van der Waals surface area contributed by atoms with Crippen LogP contribution in [-0.4, -0.2) is 23.0 Å². The molecule has 0 radical (unpaired) electrons. The van der Waals surface area contributed by atoms with Crippen LogP contribution in [0.4, 0.5) is 5.69 Å². The standard InChI is InChI=1S/C11H13ClN4O2S/c1-3-16-6-11(14-7-16)19(17,18)15-9-5-13-10(12)4-8(9)2/h4-7,15H,3H2,1-2H3. The molecule has 0 aliphatic rings. The summed E-state index contributed by atoms with van der Waals surface area (Å²) in [5.74, 6) is 0. The van der Waals surface area contributed by atoms with Crippen LogP contribution >= 0.6 is 11.6 Å². The number of pyridine rings is 1. The van der Waals surface area contributed by atoms with E-state index >= 15 is 0 Å². The summed E-state index contributed by atoms with van der Waals surface area (Å²) >= 11 is 5.72. The monoisotopic (exact) mass is 300 g/mol. The largest absolute Gasteiger partial charge is 0.336 e. The van der Waals surface area contributed by atoms with Crippen LogP contribution in [0.15, 0.2) is 29.8 Å². The van der Waals surface area contributed by atoms with Crippen LogP contribution in [-0.2, 0) is 16.6 Å². The van der Waals surface area contributed by atoms with Crippen LogP contribution in [0.1, 0.15) is 12.5 Å². The van der Waals surface area contributed by atoms with Crippen molar-refractivity contribution in [3.8, 4) is 0 Å². The van der Waals surface area contributed by atoms with E-state index in [9.17, 15) is 8.42 Å². The van der Waals surface area contributed by atoms with Crippen molar-refractivity contribution in [1.82, 2.24) is 14.5 Å². The van der Waals surface area contributed by atoms with Gasteiger partial charge in [0.15, 0.2) is 5.03 Å². The Hall–Kier alpha value is -1.60. The number of hydrogen-bond acceptors (Lipinski definition) is 4. The number of hydrogen-bond donors (Lipinski definition) is 1. The third-order valence-electron chi connectivity index (χ3n) is 2.57. The molecule has 6 nitrogen and oxygen atoms in total. The van der Waals surface area contributed by atoms with Gasteiger partial charge in [-0.05, 0) is 25.5 Å². The second kappa shape index (κ2) is 5.18. The van der Waals surface area contributed by atoms with Gasteiger partial charge in [0.2, 0.25) is 0 Å². The lowest BCUT2D eigenvalue weighted by molar-refractivity contribution is 0.598. The topological polar surface area (TPSA) is 76.9 Å². The first-order valence-corrected chi connectivity index (χ1v) is 7.45. The van der Waals surface area contributed by atoms with Gasteiger partial charge < -0.3 is 4.57 Å². The summed E-state index contributed by atoms with van der Waals surface area (Å²) in [5, 5.41) is 0.291. The molecule has 0 saturated carbocycles. The highest BCUT2D eigenvalue weighted by Gasteiger charge is 2.18. The van der Waals surface area contributed by atoms with Gasteiger partial charge >= 0.3 is 0 Å². The van der Waals surface area contributed by atoms with Crippen molar-refractivity contribution in [3.05, 3.63) is 35.5 Å². The molecule has 0 bridgehead atoms. The molecule has 0 aliphatic carbocycles. The molecule has 0 spiro atoms. The van der Waals surface area contributed by atoms with Gasteiger partial charge in [0.05, 0.1) is 18.2 Å². The molecule has 0 aliphatic heterocycles. The van der Waals surface area contributed by atoms with Crippen molar-refractivity contribution >= 4 is 27.3 Å². The van der Waals surface area contributed by atoms with E-state index in [1.54, 1.807) is 17.6 Å². The highest BCUT2D eigenvalue weighted by atomic mass is 35.5. The SMILES string of the molecule is CCn1cnc(S(=O)(=O)Nc2cnc(Cl)cc2C)c1. The Morgan fingerprint density at radius 3 is 2.74 bits per heavy atom. The minimum absolute atomic E-state index is 0.0244. The highest BCUT2D eigenvalue weighted by Crippen LogP contribution is 2.20. The average molecular weight is 301 g/mol. The number of halogens is 1. The van der Waals surface area contributed by atoms with Gasteiger partial charge in [0.1, 0.15) is 5.15 Å². The molecule has 8 heteroatoms. The molecule has 0 aromatic carbocycles. The third kappa shape index (κ3) is 3.05. The number of nitrogens with zero attached hydrogens (tertiary/aromatic N) is 3. The van der Waals surface area contributed by atoms with Crippen LogP contribution in [0.25, 0.3) is 0 Å². The minimum atomic E-state index is -3.70. The smallest absolute Gasteiger partial charge is 0.281 e. The molecular weight excluding hydrogens is 288 g/mol. The van der Waals surface area contributed by atoms with E-state index < -0.39 is 10.0 Å². The first-order valence-electron chi connectivity index (χ1n) is 5.59. The molecule has 102 valence electrons. The molecule has 19 heavy (non-hydrogen) atoms. The maximum absolute atomic E-state index is 12.1. The van der Waals surface area contributed by atoms with Gasteiger partial charge in [-0.2, -0.15) is 8.42 Å². The summed E-state index contributed by atoms with van der Waals surface area (Å²) in [5.41, 5.74) is 1.08. The molecule has 2 aromatic heterocycles. The van der Waals surface area contributed by atoms with Crippen molar-refractivity contribution in [3.63, 3.8) is 0 Å². The van der Waals surface area contributed by atoms with E-state index in [-0.39, 0.29) is 5.03 Å². The quantitative estimate of drug-likeness (QED) is 0.877. The molecule has 2 rings (SSSR count). The van der Waals surface area contributed by atoms with Crippen molar-refractivity contribution < 1.29 is 8.42 Å². The van der Waals surface area contributed by atoms with Crippen molar-refractivity contribution in [2.45, 2.75) is 25.4 Å². The molecule has 0 saturated heterocycles. The summed E-state index contributed by atoms with van der Waals surface area (Å²) in [6.45, 7) is 4.30. The van der Waals surface area contributed by atoms with Crippen molar-refractivity contribution in [2.24, 2.45) is 0 Å². The number of anilines is 1. The third-order valence-corrected chi connectivity index (χ3v) is 4.03. The van der Waals surface area contributed by atoms with E-state index in [0.29, 0.717) is 22.9 Å². The summed E-state index contributed by atoms with van der Waals surface area (Å²) in [4.78, 5) is 7.72. The molecule has 2 aromatic rings. The Balaban J connectivity index is 2.30. The van der Waals surface area contributed by atoms with Gasteiger partial charge in [-0.1, -0.05) is 11.6 Å². The zero-order valence-electron chi connectivity index (χ0n) is 10.5. The van der Waals surface area contributed by atoms with E-state index in [0.717, 1.165) is 0 Å². The highest BCUT2D eigenvalue weighted by molar-refractivity contribution is 7.92. The van der Waals surface area contributed by atoms with E-state index in [1.807, 2.05) is 6.92 Å². The van der Waals surface area contributed by atoms with E-state index in [4.69, 9.17) is 11.6 Å². The number of aryl methyl sites for hydroxylation is 2. The second-order valence-electron chi connectivity index (χ2n) is 3.97. The lowest BCUT2D eigenvalue weighted by Crippen LogP contribution is -2.14. The Bertz CT molecular complexity index is 696. The molecule has 0 amide bonds. The van der Waals surface area contributed by atoms with E-state index in [2.05, 4.69) is 14.7 Å². The number of rotatable bonds is 4. The van der Waals surface area contributed by atoms with Crippen LogP contribution in [0.5, 0.6) is 0 Å². The van der Waals surface area contributed by atoms with Gasteiger partial charge in [-0.25, -0.2) is 9.97 Å². The van der Waals surface area contributed by atoms with Crippen molar-refractivity contribution in [2.75, 3.05) is 4.72 Å². The average Bonchev–Trinajstić information content (AvgIpc) is 2.82.